The van der Waals surface area contributed by atoms with Gasteiger partial charge in [-0.25, -0.2) is 14.5 Å². The Labute approximate surface area is 148 Å². The van der Waals surface area contributed by atoms with Crippen molar-refractivity contribution in [3.63, 3.8) is 0 Å². The van der Waals surface area contributed by atoms with Crippen molar-refractivity contribution in [3.05, 3.63) is 34.5 Å². The molecule has 0 bridgehead atoms. The van der Waals surface area contributed by atoms with Gasteiger partial charge in [0.15, 0.2) is 5.52 Å². The predicted molar refractivity (Wildman–Crippen MR) is 93.5 cm³/mol. The Morgan fingerprint density at radius 3 is 2.73 bits per heavy atom. The number of nitrogens with zero attached hydrogens (tertiary/aromatic N) is 5. The molecule has 9 nitrogen and oxygen atoms in total. The molecule has 1 aliphatic rings. The lowest BCUT2D eigenvalue weighted by molar-refractivity contribution is 0.0697. The van der Waals surface area contributed by atoms with Crippen LogP contribution in [0.1, 0.15) is 55.4 Å². The zero-order valence-electron chi connectivity index (χ0n) is 14.4. The van der Waals surface area contributed by atoms with E-state index in [9.17, 15) is 9.59 Å². The number of carboxylic acid groups (broad SMARTS) is 1. The van der Waals surface area contributed by atoms with Gasteiger partial charge in [0.05, 0.1) is 24.0 Å². The smallest absolute Gasteiger partial charge is 0.338 e. The fraction of sp³-hybridized carbons (Fsp3) is 0.471. The molecule has 26 heavy (non-hydrogen) atoms. The molecule has 0 unspecified atom stereocenters. The van der Waals surface area contributed by atoms with E-state index < -0.39 is 5.97 Å². The Morgan fingerprint density at radius 2 is 2.04 bits per heavy atom. The first-order valence-corrected chi connectivity index (χ1v) is 8.80. The lowest BCUT2D eigenvalue weighted by Gasteiger charge is -2.28. The number of nitrogens with one attached hydrogen (secondary N) is 1. The van der Waals surface area contributed by atoms with Gasteiger partial charge in [0.25, 0.3) is 5.56 Å². The minimum atomic E-state index is -1.09. The Kier molecular flexibility index (Phi) is 4.06. The van der Waals surface area contributed by atoms with Gasteiger partial charge in [-0.2, -0.15) is 10.2 Å². The van der Waals surface area contributed by atoms with Crippen molar-refractivity contribution in [2.75, 3.05) is 0 Å². The summed E-state index contributed by atoms with van der Waals surface area (Å²) in [7, 11) is 0. The molecule has 9 heteroatoms. The normalized spacial score (nSPS) is 16.8. The summed E-state index contributed by atoms with van der Waals surface area (Å²) in [6, 6.07) is 0.130. The molecule has 1 aliphatic carbocycles. The molecule has 0 amide bonds. The summed E-state index contributed by atoms with van der Waals surface area (Å²) in [6.07, 6.45) is 10.1. The van der Waals surface area contributed by atoms with Crippen molar-refractivity contribution in [1.29, 1.82) is 0 Å². The van der Waals surface area contributed by atoms with Gasteiger partial charge in [-0.05, 0) is 25.7 Å². The molecular weight excluding hydrogens is 336 g/mol. The van der Waals surface area contributed by atoms with Crippen LogP contribution in [-0.4, -0.2) is 40.6 Å². The largest absolute Gasteiger partial charge is 0.478 e. The maximum Gasteiger partial charge on any atom is 0.338 e. The molecule has 0 aliphatic heterocycles. The molecule has 0 radical (unpaired) electrons. The summed E-state index contributed by atoms with van der Waals surface area (Å²) < 4.78 is 3.01. The summed E-state index contributed by atoms with van der Waals surface area (Å²) in [6.45, 7) is 2.10. The number of carbonyl (C=O) groups is 1. The fourth-order valence-corrected chi connectivity index (χ4v) is 3.74. The van der Waals surface area contributed by atoms with Crippen LogP contribution in [0.2, 0.25) is 0 Å². The van der Waals surface area contributed by atoms with Crippen LogP contribution in [0.4, 0.5) is 0 Å². The molecule has 0 spiro atoms. The van der Waals surface area contributed by atoms with E-state index in [4.69, 9.17) is 5.11 Å². The van der Waals surface area contributed by atoms with Crippen LogP contribution >= 0.6 is 0 Å². The summed E-state index contributed by atoms with van der Waals surface area (Å²) in [5.41, 5.74) is 0.628. The molecule has 3 aromatic rings. The van der Waals surface area contributed by atoms with Gasteiger partial charge in [0.1, 0.15) is 5.52 Å². The number of H-pyrrole nitrogens is 1. The second-order valence-electron chi connectivity index (χ2n) is 6.83. The maximum absolute atomic E-state index is 12.7. The number of carboxylic acids is 1. The van der Waals surface area contributed by atoms with E-state index in [2.05, 4.69) is 27.1 Å². The number of aromatic nitrogens is 6. The minimum Gasteiger partial charge on any atom is -0.478 e. The van der Waals surface area contributed by atoms with Crippen LogP contribution < -0.4 is 5.56 Å². The van der Waals surface area contributed by atoms with E-state index >= 15 is 0 Å². The first kappa shape index (κ1) is 16.5. The van der Waals surface area contributed by atoms with Crippen molar-refractivity contribution in [1.82, 2.24) is 29.5 Å². The summed E-state index contributed by atoms with van der Waals surface area (Å²) in [5.74, 6) is -0.413. The Bertz CT molecular complexity index is 1010. The number of hydrogen-bond acceptors (Lipinski definition) is 5. The molecule has 2 N–H and O–H groups in total. The number of rotatable bonds is 4. The second-order valence-corrected chi connectivity index (χ2v) is 6.83. The first-order valence-electron chi connectivity index (χ1n) is 8.80. The van der Waals surface area contributed by atoms with E-state index in [1.54, 1.807) is 10.9 Å². The van der Waals surface area contributed by atoms with Gasteiger partial charge in [-0.3, -0.25) is 14.5 Å². The average molecular weight is 356 g/mol. The number of fused-ring (bicyclic) bond motifs is 1. The van der Waals surface area contributed by atoms with Gasteiger partial charge < -0.3 is 5.11 Å². The molecule has 3 aromatic heterocycles. The highest BCUT2D eigenvalue weighted by Gasteiger charge is 2.24. The number of aromatic amines is 1. The van der Waals surface area contributed by atoms with E-state index in [0.717, 1.165) is 12.8 Å². The summed E-state index contributed by atoms with van der Waals surface area (Å²) >= 11 is 0. The molecule has 136 valence electrons. The standard InChI is InChI=1S/C17H20N6O3/c1-10(11-5-3-2-4-6-11)23-14-13(8-19-23)20-17(21-15(14)24)22-9-12(7-18-22)16(25)26/h7-11H,2-6H2,1H3,(H,25,26)(H,20,21,24)/t10-/m0/s1. The van der Waals surface area contributed by atoms with Crippen molar-refractivity contribution in [2.45, 2.75) is 45.1 Å². The van der Waals surface area contributed by atoms with Crippen LogP contribution in [0.3, 0.4) is 0 Å². The Morgan fingerprint density at radius 1 is 1.27 bits per heavy atom. The van der Waals surface area contributed by atoms with E-state index in [-0.39, 0.29) is 23.1 Å². The van der Waals surface area contributed by atoms with Crippen molar-refractivity contribution in [2.24, 2.45) is 5.92 Å². The highest BCUT2D eigenvalue weighted by Crippen LogP contribution is 2.33. The van der Waals surface area contributed by atoms with Gasteiger partial charge in [0.2, 0.25) is 5.95 Å². The minimum absolute atomic E-state index is 0.0226. The van der Waals surface area contributed by atoms with E-state index in [0.29, 0.717) is 17.0 Å². The Hall–Kier alpha value is -2.97. The monoisotopic (exact) mass is 356 g/mol. The zero-order chi connectivity index (χ0) is 18.3. The van der Waals surface area contributed by atoms with Crippen LogP contribution in [-0.2, 0) is 0 Å². The molecule has 1 atom stereocenters. The predicted octanol–water partition coefficient (Wildman–Crippen LogP) is 2.14. The van der Waals surface area contributed by atoms with Crippen molar-refractivity contribution >= 4 is 17.0 Å². The van der Waals surface area contributed by atoms with Crippen LogP contribution in [0.25, 0.3) is 17.0 Å². The van der Waals surface area contributed by atoms with Crippen molar-refractivity contribution < 1.29 is 9.90 Å². The lowest BCUT2D eigenvalue weighted by Crippen LogP contribution is -2.23. The third-order valence-corrected chi connectivity index (χ3v) is 5.21. The van der Waals surface area contributed by atoms with Crippen molar-refractivity contribution in [3.8, 4) is 5.95 Å². The van der Waals surface area contributed by atoms with Gasteiger partial charge >= 0.3 is 5.97 Å². The summed E-state index contributed by atoms with van der Waals surface area (Å²) in [4.78, 5) is 30.7. The molecule has 1 fully saturated rings. The molecule has 3 heterocycles. The highest BCUT2D eigenvalue weighted by molar-refractivity contribution is 5.87. The topological polar surface area (TPSA) is 119 Å². The summed E-state index contributed by atoms with van der Waals surface area (Å²) in [5, 5.41) is 17.4. The van der Waals surface area contributed by atoms with Gasteiger partial charge in [-0.1, -0.05) is 19.3 Å². The molecule has 4 rings (SSSR count). The number of hydrogen-bond donors (Lipinski definition) is 2. The van der Waals surface area contributed by atoms with Crippen LogP contribution in [0.5, 0.6) is 0 Å². The quantitative estimate of drug-likeness (QED) is 0.739. The van der Waals surface area contributed by atoms with Gasteiger partial charge in [0, 0.05) is 6.20 Å². The number of aromatic carboxylic acids is 1. The molecular formula is C17H20N6O3. The zero-order valence-corrected chi connectivity index (χ0v) is 14.4. The fourth-order valence-electron chi connectivity index (χ4n) is 3.74. The average Bonchev–Trinajstić information content (AvgIpc) is 3.29. The van der Waals surface area contributed by atoms with E-state index in [1.807, 2.05) is 0 Å². The molecule has 0 aromatic carbocycles. The maximum atomic E-state index is 12.7. The van der Waals surface area contributed by atoms with Gasteiger partial charge in [-0.15, -0.1) is 0 Å². The third-order valence-electron chi connectivity index (χ3n) is 5.21. The SMILES string of the molecule is C[C@@H](C1CCCCC1)n1ncc2nc(-n3cc(C(=O)O)cn3)[nH]c(=O)c21. The second kappa shape index (κ2) is 6.40. The molecule has 1 saturated carbocycles. The first-order chi connectivity index (χ1) is 12.5. The highest BCUT2D eigenvalue weighted by atomic mass is 16.4. The van der Waals surface area contributed by atoms with Crippen LogP contribution in [0.15, 0.2) is 23.4 Å². The molecule has 0 saturated heterocycles. The van der Waals surface area contributed by atoms with E-state index in [1.165, 1.54) is 36.3 Å². The third kappa shape index (κ3) is 2.79. The van der Waals surface area contributed by atoms with Crippen LogP contribution in [0, 0.1) is 5.92 Å². The lowest BCUT2D eigenvalue weighted by atomic mass is 9.84. The Balaban J connectivity index is 1.73.